The quantitative estimate of drug-likeness (QED) is 0.0271. The standard InChI is InChI=1S/C42H80NO8P/c1-3-5-7-9-11-13-15-17-19-20-21-23-24-26-28-30-32-34-41(44)48-38-40(39-50-52(46,47)49-37-36-43)51-42(45)35-33-31-29-27-25-22-18-16-14-12-10-8-6-4-2/h13,15-16,18,40H,3-12,14,17,19-39,43H2,1-2H3,(H,46,47)/b15-13+,18-16+/t40-/m1/s1. The first-order valence-electron chi connectivity index (χ1n) is 21.3. The van der Waals surface area contributed by atoms with Crippen LogP contribution < -0.4 is 5.73 Å². The van der Waals surface area contributed by atoms with E-state index in [1.807, 2.05) is 0 Å². The highest BCUT2D eigenvalue weighted by Crippen LogP contribution is 2.43. The summed E-state index contributed by atoms with van der Waals surface area (Å²) in [6.07, 6.45) is 40.6. The van der Waals surface area contributed by atoms with Gasteiger partial charge in [0.25, 0.3) is 0 Å². The summed E-state index contributed by atoms with van der Waals surface area (Å²) in [6, 6.07) is 0. The number of nitrogens with two attached hydrogens (primary N) is 1. The molecule has 9 nitrogen and oxygen atoms in total. The Kier molecular flexibility index (Phi) is 38.1. The molecule has 0 amide bonds. The van der Waals surface area contributed by atoms with Crippen molar-refractivity contribution in [1.82, 2.24) is 0 Å². The summed E-state index contributed by atoms with van der Waals surface area (Å²) in [7, 11) is -4.37. The number of esters is 2. The fourth-order valence-electron chi connectivity index (χ4n) is 5.86. The van der Waals surface area contributed by atoms with Gasteiger partial charge in [-0.2, -0.15) is 0 Å². The Balaban J connectivity index is 4.15. The lowest BCUT2D eigenvalue weighted by Gasteiger charge is -2.19. The largest absolute Gasteiger partial charge is 0.472 e. The average molecular weight is 758 g/mol. The lowest BCUT2D eigenvalue weighted by atomic mass is 10.1. The van der Waals surface area contributed by atoms with E-state index in [9.17, 15) is 19.0 Å². The van der Waals surface area contributed by atoms with Crippen LogP contribution >= 0.6 is 7.82 Å². The monoisotopic (exact) mass is 758 g/mol. The molecule has 0 bridgehead atoms. The first kappa shape index (κ1) is 50.5. The van der Waals surface area contributed by atoms with E-state index in [-0.39, 0.29) is 38.6 Å². The maximum Gasteiger partial charge on any atom is 0.472 e. The molecule has 0 aliphatic carbocycles. The number of hydrogen-bond acceptors (Lipinski definition) is 8. The molecule has 0 radical (unpaired) electrons. The molecule has 0 rings (SSSR count). The van der Waals surface area contributed by atoms with Crippen molar-refractivity contribution in [2.24, 2.45) is 5.73 Å². The fraction of sp³-hybridized carbons (Fsp3) is 0.857. The second-order valence-corrected chi connectivity index (χ2v) is 15.7. The first-order chi connectivity index (χ1) is 25.3. The maximum atomic E-state index is 12.5. The number of carbonyl (C=O) groups excluding carboxylic acids is 2. The fourth-order valence-corrected chi connectivity index (χ4v) is 6.62. The normalized spacial score (nSPS) is 13.5. The minimum atomic E-state index is -4.37. The van der Waals surface area contributed by atoms with E-state index in [2.05, 4.69) is 38.2 Å². The molecule has 0 heterocycles. The van der Waals surface area contributed by atoms with E-state index < -0.39 is 26.5 Å². The van der Waals surface area contributed by atoms with Gasteiger partial charge < -0.3 is 20.1 Å². The SMILES string of the molecule is CCCCCC/C=C/CCCCCCCCCCCC(=O)OC[C@H](COP(=O)(O)OCCN)OC(=O)CCCCCCC/C=C/CCCCCCC. The van der Waals surface area contributed by atoms with Crippen LogP contribution in [0, 0.1) is 0 Å². The second-order valence-electron chi connectivity index (χ2n) is 14.2. The lowest BCUT2D eigenvalue weighted by Crippen LogP contribution is -2.29. The minimum Gasteiger partial charge on any atom is -0.462 e. The van der Waals surface area contributed by atoms with Gasteiger partial charge in [-0.1, -0.05) is 147 Å². The molecule has 0 aromatic heterocycles. The molecular weight excluding hydrogens is 677 g/mol. The van der Waals surface area contributed by atoms with Crippen LogP contribution in [0.4, 0.5) is 0 Å². The van der Waals surface area contributed by atoms with Gasteiger partial charge in [-0.15, -0.1) is 0 Å². The molecule has 0 saturated heterocycles. The van der Waals surface area contributed by atoms with Crippen LogP contribution in [-0.4, -0.2) is 49.3 Å². The third-order valence-corrected chi connectivity index (χ3v) is 10.0. The smallest absolute Gasteiger partial charge is 0.462 e. The van der Waals surface area contributed by atoms with Crippen molar-refractivity contribution < 1.29 is 37.6 Å². The van der Waals surface area contributed by atoms with E-state index >= 15 is 0 Å². The van der Waals surface area contributed by atoms with Gasteiger partial charge in [0.15, 0.2) is 6.10 Å². The Labute approximate surface area is 319 Å². The number of phosphoric ester groups is 1. The van der Waals surface area contributed by atoms with Gasteiger partial charge in [0.1, 0.15) is 6.61 Å². The Morgan fingerprint density at radius 1 is 0.558 bits per heavy atom. The molecule has 0 spiro atoms. The van der Waals surface area contributed by atoms with Gasteiger partial charge in [-0.25, -0.2) is 4.57 Å². The molecule has 3 N–H and O–H groups in total. The van der Waals surface area contributed by atoms with Crippen LogP contribution in [-0.2, 0) is 32.7 Å². The van der Waals surface area contributed by atoms with Crippen molar-refractivity contribution in [3.63, 3.8) is 0 Å². The molecular formula is C42H80NO8P. The van der Waals surface area contributed by atoms with Gasteiger partial charge in [-0.3, -0.25) is 18.6 Å². The van der Waals surface area contributed by atoms with Crippen molar-refractivity contribution in [3.8, 4) is 0 Å². The number of carbonyl (C=O) groups is 2. The van der Waals surface area contributed by atoms with Gasteiger partial charge >= 0.3 is 19.8 Å². The molecule has 2 atom stereocenters. The van der Waals surface area contributed by atoms with Gasteiger partial charge in [0.05, 0.1) is 13.2 Å². The number of hydrogen-bond donors (Lipinski definition) is 2. The summed E-state index contributed by atoms with van der Waals surface area (Å²) in [6.45, 7) is 3.71. The minimum absolute atomic E-state index is 0.0528. The van der Waals surface area contributed by atoms with Crippen molar-refractivity contribution in [1.29, 1.82) is 0 Å². The zero-order valence-corrected chi connectivity index (χ0v) is 34.4. The Hall–Kier alpha value is -1.51. The summed E-state index contributed by atoms with van der Waals surface area (Å²) in [5.74, 6) is -0.836. The number of unbranched alkanes of at least 4 members (excludes halogenated alkanes) is 23. The molecule has 306 valence electrons. The number of phosphoric acid groups is 1. The van der Waals surface area contributed by atoms with Crippen LogP contribution in [0.25, 0.3) is 0 Å². The topological polar surface area (TPSA) is 134 Å². The maximum absolute atomic E-state index is 12.5. The summed E-state index contributed by atoms with van der Waals surface area (Å²) in [5.41, 5.74) is 5.34. The van der Waals surface area contributed by atoms with E-state index in [1.165, 1.54) is 116 Å². The van der Waals surface area contributed by atoms with Crippen molar-refractivity contribution in [2.75, 3.05) is 26.4 Å². The second kappa shape index (κ2) is 39.2. The molecule has 52 heavy (non-hydrogen) atoms. The number of allylic oxidation sites excluding steroid dienone is 4. The summed E-state index contributed by atoms with van der Waals surface area (Å²) >= 11 is 0. The van der Waals surface area contributed by atoms with Crippen molar-refractivity contribution in [2.45, 2.75) is 206 Å². The van der Waals surface area contributed by atoms with Crippen LogP contribution in [0.3, 0.4) is 0 Å². The van der Waals surface area contributed by atoms with Gasteiger partial charge in [0, 0.05) is 19.4 Å². The van der Waals surface area contributed by atoms with Crippen LogP contribution in [0.15, 0.2) is 24.3 Å². The average Bonchev–Trinajstić information content (AvgIpc) is 3.13. The molecule has 0 fully saturated rings. The van der Waals surface area contributed by atoms with Crippen molar-refractivity contribution in [3.05, 3.63) is 24.3 Å². The third-order valence-electron chi connectivity index (χ3n) is 9.06. The molecule has 10 heteroatoms. The predicted octanol–water partition coefficient (Wildman–Crippen LogP) is 12.0. The summed E-state index contributed by atoms with van der Waals surface area (Å²) in [4.78, 5) is 34.8. The molecule has 0 saturated carbocycles. The highest BCUT2D eigenvalue weighted by molar-refractivity contribution is 7.47. The molecule has 0 aromatic rings. The van der Waals surface area contributed by atoms with Crippen LogP contribution in [0.5, 0.6) is 0 Å². The van der Waals surface area contributed by atoms with E-state index in [4.69, 9.17) is 24.3 Å². The Morgan fingerprint density at radius 2 is 0.942 bits per heavy atom. The molecule has 1 unspecified atom stereocenters. The highest BCUT2D eigenvalue weighted by Gasteiger charge is 2.26. The zero-order valence-electron chi connectivity index (χ0n) is 33.6. The Bertz CT molecular complexity index is 912. The predicted molar refractivity (Wildman–Crippen MR) is 215 cm³/mol. The molecule has 0 aliphatic rings. The van der Waals surface area contributed by atoms with Crippen LogP contribution in [0.1, 0.15) is 200 Å². The van der Waals surface area contributed by atoms with Gasteiger partial charge in [0.2, 0.25) is 0 Å². The van der Waals surface area contributed by atoms with Crippen LogP contribution in [0.2, 0.25) is 0 Å². The molecule has 0 aromatic carbocycles. The molecule has 0 aliphatic heterocycles. The van der Waals surface area contributed by atoms with Gasteiger partial charge in [-0.05, 0) is 64.2 Å². The summed E-state index contributed by atoms with van der Waals surface area (Å²) < 4.78 is 32.7. The lowest BCUT2D eigenvalue weighted by molar-refractivity contribution is -0.161. The van der Waals surface area contributed by atoms with E-state index in [0.717, 1.165) is 51.4 Å². The number of ether oxygens (including phenoxy) is 2. The zero-order chi connectivity index (χ0) is 38.2. The van der Waals surface area contributed by atoms with E-state index in [1.54, 1.807) is 0 Å². The summed E-state index contributed by atoms with van der Waals surface area (Å²) in [5, 5.41) is 0. The Morgan fingerprint density at radius 3 is 1.38 bits per heavy atom. The van der Waals surface area contributed by atoms with Crippen molar-refractivity contribution >= 4 is 19.8 Å². The highest BCUT2D eigenvalue weighted by atomic mass is 31.2. The first-order valence-corrected chi connectivity index (χ1v) is 22.8. The third kappa shape index (κ3) is 38.2. The van der Waals surface area contributed by atoms with E-state index in [0.29, 0.717) is 6.42 Å². The number of rotatable bonds is 40.